The summed E-state index contributed by atoms with van der Waals surface area (Å²) in [5.74, 6) is -0.333. The molecule has 3 rings (SSSR count). The Morgan fingerprint density at radius 3 is 2.48 bits per heavy atom. The van der Waals surface area contributed by atoms with Crippen molar-refractivity contribution >= 4 is 23.6 Å². The van der Waals surface area contributed by atoms with Crippen molar-refractivity contribution in [1.82, 2.24) is 9.80 Å². The Labute approximate surface area is 152 Å². The summed E-state index contributed by atoms with van der Waals surface area (Å²) in [7, 11) is 0. The highest BCUT2D eigenvalue weighted by atomic mass is 35.5. The lowest BCUT2D eigenvalue weighted by atomic mass is 10.2. The third kappa shape index (κ3) is 5.15. The maximum atomic E-state index is 13.1. The zero-order valence-corrected chi connectivity index (χ0v) is 14.6. The number of piperazine rings is 1. The van der Waals surface area contributed by atoms with E-state index in [0.717, 1.165) is 24.7 Å². The standard InChI is InChI=1S/C20H20ClFN2O/c21-18-7-4-17(5-8-18)15-23-10-12-24(13-11-23)20(25)9-6-16-2-1-3-19(22)14-16/h1-9,14H,10-13,15H2/b9-6+. The Hall–Kier alpha value is -2.17. The van der Waals surface area contributed by atoms with Crippen LogP contribution in [0.3, 0.4) is 0 Å². The van der Waals surface area contributed by atoms with Crippen molar-refractivity contribution in [2.45, 2.75) is 6.54 Å². The van der Waals surface area contributed by atoms with Gasteiger partial charge in [0.15, 0.2) is 0 Å². The second-order valence-corrected chi connectivity index (χ2v) is 6.55. The van der Waals surface area contributed by atoms with E-state index in [4.69, 9.17) is 11.6 Å². The van der Waals surface area contributed by atoms with Crippen LogP contribution in [0.25, 0.3) is 6.08 Å². The average molecular weight is 359 g/mol. The van der Waals surface area contributed by atoms with Gasteiger partial charge in [0.25, 0.3) is 0 Å². The van der Waals surface area contributed by atoms with Crippen LogP contribution in [0.2, 0.25) is 5.02 Å². The normalized spacial score (nSPS) is 15.7. The Kier molecular flexibility index (Phi) is 5.84. The monoisotopic (exact) mass is 358 g/mol. The molecule has 0 saturated carbocycles. The minimum atomic E-state index is -0.301. The van der Waals surface area contributed by atoms with Crippen LogP contribution in [0.1, 0.15) is 11.1 Å². The van der Waals surface area contributed by atoms with Gasteiger partial charge in [-0.1, -0.05) is 35.9 Å². The summed E-state index contributed by atoms with van der Waals surface area (Å²) in [5, 5.41) is 0.740. The number of amides is 1. The molecule has 0 bridgehead atoms. The van der Waals surface area contributed by atoms with Crippen molar-refractivity contribution in [3.05, 3.63) is 76.6 Å². The van der Waals surface area contributed by atoms with Gasteiger partial charge in [-0.05, 0) is 41.5 Å². The predicted octanol–water partition coefficient (Wildman–Crippen LogP) is 3.84. The highest BCUT2D eigenvalue weighted by molar-refractivity contribution is 6.30. The molecule has 130 valence electrons. The Balaban J connectivity index is 1.49. The molecule has 1 saturated heterocycles. The van der Waals surface area contributed by atoms with E-state index in [2.05, 4.69) is 4.90 Å². The summed E-state index contributed by atoms with van der Waals surface area (Å²) >= 11 is 5.91. The number of hydrogen-bond acceptors (Lipinski definition) is 2. The first-order valence-corrected chi connectivity index (χ1v) is 8.67. The third-order valence-corrected chi connectivity index (χ3v) is 4.52. The molecule has 5 heteroatoms. The van der Waals surface area contributed by atoms with E-state index in [1.54, 1.807) is 18.2 Å². The maximum Gasteiger partial charge on any atom is 0.246 e. The van der Waals surface area contributed by atoms with Crippen LogP contribution in [0.5, 0.6) is 0 Å². The first kappa shape index (κ1) is 17.6. The van der Waals surface area contributed by atoms with Crippen LogP contribution in [0, 0.1) is 5.82 Å². The molecule has 0 aromatic heterocycles. The molecule has 0 radical (unpaired) electrons. The molecule has 25 heavy (non-hydrogen) atoms. The molecule has 1 amide bonds. The largest absolute Gasteiger partial charge is 0.337 e. The molecular weight excluding hydrogens is 339 g/mol. The fourth-order valence-electron chi connectivity index (χ4n) is 2.86. The summed E-state index contributed by atoms with van der Waals surface area (Å²) in [4.78, 5) is 16.4. The number of benzene rings is 2. The number of halogens is 2. The first-order chi connectivity index (χ1) is 12.1. The molecule has 2 aromatic rings. The fraction of sp³-hybridized carbons (Fsp3) is 0.250. The van der Waals surface area contributed by atoms with Crippen molar-refractivity contribution in [3.8, 4) is 0 Å². The minimum absolute atomic E-state index is 0.0320. The second-order valence-electron chi connectivity index (χ2n) is 6.12. The molecule has 2 aromatic carbocycles. The predicted molar refractivity (Wildman–Crippen MR) is 98.7 cm³/mol. The zero-order valence-electron chi connectivity index (χ0n) is 13.9. The summed E-state index contributed by atoms with van der Waals surface area (Å²) < 4.78 is 13.1. The van der Waals surface area contributed by atoms with Gasteiger partial charge >= 0.3 is 0 Å². The van der Waals surface area contributed by atoms with Crippen molar-refractivity contribution in [1.29, 1.82) is 0 Å². The highest BCUT2D eigenvalue weighted by Gasteiger charge is 2.19. The molecule has 1 aliphatic rings. The third-order valence-electron chi connectivity index (χ3n) is 4.27. The molecule has 1 fully saturated rings. The Morgan fingerprint density at radius 2 is 1.80 bits per heavy atom. The molecule has 1 aliphatic heterocycles. The number of carbonyl (C=O) groups is 1. The van der Waals surface area contributed by atoms with Crippen LogP contribution in [-0.4, -0.2) is 41.9 Å². The molecular formula is C20H20ClFN2O. The van der Waals surface area contributed by atoms with Gasteiger partial charge in [0, 0.05) is 43.8 Å². The van der Waals surface area contributed by atoms with Gasteiger partial charge in [-0.25, -0.2) is 4.39 Å². The Bertz CT molecular complexity index is 753. The van der Waals surface area contributed by atoms with Crippen LogP contribution in [-0.2, 0) is 11.3 Å². The molecule has 1 heterocycles. The Morgan fingerprint density at radius 1 is 1.08 bits per heavy atom. The van der Waals surface area contributed by atoms with Gasteiger partial charge in [-0.15, -0.1) is 0 Å². The lowest BCUT2D eigenvalue weighted by Gasteiger charge is -2.34. The van der Waals surface area contributed by atoms with E-state index in [1.807, 2.05) is 29.2 Å². The quantitative estimate of drug-likeness (QED) is 0.775. The van der Waals surface area contributed by atoms with Crippen molar-refractivity contribution in [3.63, 3.8) is 0 Å². The zero-order chi connectivity index (χ0) is 17.6. The van der Waals surface area contributed by atoms with Gasteiger partial charge in [0.1, 0.15) is 5.82 Å². The fourth-order valence-corrected chi connectivity index (χ4v) is 2.98. The van der Waals surface area contributed by atoms with Gasteiger partial charge < -0.3 is 4.90 Å². The lowest BCUT2D eigenvalue weighted by Crippen LogP contribution is -2.47. The topological polar surface area (TPSA) is 23.6 Å². The molecule has 0 spiro atoms. The van der Waals surface area contributed by atoms with Crippen LogP contribution >= 0.6 is 11.6 Å². The van der Waals surface area contributed by atoms with E-state index in [-0.39, 0.29) is 11.7 Å². The van der Waals surface area contributed by atoms with Gasteiger partial charge in [-0.3, -0.25) is 9.69 Å². The average Bonchev–Trinajstić information content (AvgIpc) is 2.62. The maximum absolute atomic E-state index is 13.1. The first-order valence-electron chi connectivity index (χ1n) is 8.29. The number of hydrogen-bond donors (Lipinski definition) is 0. The summed E-state index contributed by atoms with van der Waals surface area (Å²) in [5.41, 5.74) is 1.91. The van der Waals surface area contributed by atoms with Crippen molar-refractivity contribution in [2.24, 2.45) is 0 Å². The highest BCUT2D eigenvalue weighted by Crippen LogP contribution is 2.13. The van der Waals surface area contributed by atoms with E-state index in [1.165, 1.54) is 23.8 Å². The minimum Gasteiger partial charge on any atom is -0.337 e. The SMILES string of the molecule is O=C(/C=C/c1cccc(F)c1)N1CCN(Cc2ccc(Cl)cc2)CC1. The van der Waals surface area contributed by atoms with Gasteiger partial charge in [-0.2, -0.15) is 0 Å². The molecule has 0 unspecified atom stereocenters. The summed E-state index contributed by atoms with van der Waals surface area (Å²) in [6, 6.07) is 14.1. The van der Waals surface area contributed by atoms with E-state index in [0.29, 0.717) is 18.7 Å². The number of carbonyl (C=O) groups excluding carboxylic acids is 1. The number of rotatable bonds is 4. The van der Waals surface area contributed by atoms with E-state index >= 15 is 0 Å². The van der Waals surface area contributed by atoms with Crippen LogP contribution in [0.4, 0.5) is 4.39 Å². The molecule has 3 nitrogen and oxygen atoms in total. The van der Waals surface area contributed by atoms with Gasteiger partial charge in [0.2, 0.25) is 5.91 Å². The lowest BCUT2D eigenvalue weighted by molar-refractivity contribution is -0.127. The van der Waals surface area contributed by atoms with E-state index in [9.17, 15) is 9.18 Å². The van der Waals surface area contributed by atoms with Gasteiger partial charge in [0.05, 0.1) is 0 Å². The molecule has 0 atom stereocenters. The smallest absolute Gasteiger partial charge is 0.246 e. The van der Waals surface area contributed by atoms with Crippen molar-refractivity contribution in [2.75, 3.05) is 26.2 Å². The van der Waals surface area contributed by atoms with E-state index < -0.39 is 0 Å². The molecule has 0 N–H and O–H groups in total. The number of nitrogens with zero attached hydrogens (tertiary/aromatic N) is 2. The summed E-state index contributed by atoms with van der Waals surface area (Å²) in [6.45, 7) is 3.92. The van der Waals surface area contributed by atoms with Crippen molar-refractivity contribution < 1.29 is 9.18 Å². The van der Waals surface area contributed by atoms with Crippen LogP contribution in [0.15, 0.2) is 54.6 Å². The second kappa shape index (κ2) is 8.28. The summed E-state index contributed by atoms with van der Waals surface area (Å²) in [6.07, 6.45) is 3.18. The van der Waals surface area contributed by atoms with Crippen LogP contribution < -0.4 is 0 Å². The molecule has 0 aliphatic carbocycles.